The molecule has 32 heavy (non-hydrogen) atoms. The maximum absolute atomic E-state index is 14.0. The number of nitriles is 1. The summed E-state index contributed by atoms with van der Waals surface area (Å²) in [6.07, 6.45) is 0.934. The Morgan fingerprint density at radius 3 is 2.62 bits per heavy atom. The normalized spacial score (nSPS) is 19.8. The molecule has 0 aromatic heterocycles. The van der Waals surface area contributed by atoms with Gasteiger partial charge >= 0.3 is 0 Å². The molecular formula is C25H22ClFN2O3. The van der Waals surface area contributed by atoms with E-state index in [1.54, 1.807) is 30.3 Å². The molecule has 2 aromatic carbocycles. The van der Waals surface area contributed by atoms with Gasteiger partial charge in [0.15, 0.2) is 5.78 Å². The average Bonchev–Trinajstić information content (AvgIpc) is 2.72. The minimum Gasteiger partial charge on any atom is -0.489 e. The predicted octanol–water partition coefficient (Wildman–Crippen LogP) is 5.51. The Kier molecular flexibility index (Phi) is 5.70. The number of hydrogen-bond acceptors (Lipinski definition) is 5. The molecule has 1 aliphatic carbocycles. The van der Waals surface area contributed by atoms with Crippen molar-refractivity contribution in [2.75, 3.05) is 0 Å². The third-order valence-electron chi connectivity index (χ3n) is 5.73. The molecule has 1 atom stereocenters. The fourth-order valence-corrected chi connectivity index (χ4v) is 4.42. The van der Waals surface area contributed by atoms with Gasteiger partial charge in [0.1, 0.15) is 35.6 Å². The summed E-state index contributed by atoms with van der Waals surface area (Å²) < 4.78 is 25.4. The number of rotatable bonds is 4. The molecule has 5 nitrogen and oxygen atoms in total. The highest BCUT2D eigenvalue weighted by molar-refractivity contribution is 6.31. The summed E-state index contributed by atoms with van der Waals surface area (Å²) >= 11 is 6.05. The molecule has 0 saturated heterocycles. The summed E-state index contributed by atoms with van der Waals surface area (Å²) in [4.78, 5) is 13.0. The van der Waals surface area contributed by atoms with Crippen LogP contribution in [0.4, 0.5) is 4.39 Å². The Morgan fingerprint density at radius 1 is 1.25 bits per heavy atom. The van der Waals surface area contributed by atoms with Crippen LogP contribution in [0.25, 0.3) is 0 Å². The number of benzene rings is 2. The van der Waals surface area contributed by atoms with Gasteiger partial charge in [-0.25, -0.2) is 4.39 Å². The first-order chi connectivity index (χ1) is 15.2. The number of allylic oxidation sites excluding steroid dienone is 3. The summed E-state index contributed by atoms with van der Waals surface area (Å²) in [5.41, 5.74) is 7.51. The molecule has 0 unspecified atom stereocenters. The molecule has 4 rings (SSSR count). The molecule has 2 N–H and O–H groups in total. The zero-order valence-electron chi connectivity index (χ0n) is 17.7. The summed E-state index contributed by atoms with van der Waals surface area (Å²) in [6.45, 7) is 3.97. The first-order valence-electron chi connectivity index (χ1n) is 10.2. The van der Waals surface area contributed by atoms with Gasteiger partial charge < -0.3 is 15.2 Å². The molecule has 0 fully saturated rings. The predicted molar refractivity (Wildman–Crippen MR) is 118 cm³/mol. The zero-order valence-corrected chi connectivity index (χ0v) is 18.5. The van der Waals surface area contributed by atoms with E-state index in [4.69, 9.17) is 26.8 Å². The van der Waals surface area contributed by atoms with Crippen molar-refractivity contribution in [3.8, 4) is 11.8 Å². The Balaban J connectivity index is 1.63. The zero-order chi connectivity index (χ0) is 23.0. The number of nitrogens with zero attached hydrogens (tertiary/aromatic N) is 1. The number of carbonyl (C=O) groups excluding carboxylic acids is 1. The van der Waals surface area contributed by atoms with E-state index in [9.17, 15) is 14.4 Å². The highest BCUT2D eigenvalue weighted by Crippen LogP contribution is 2.48. The van der Waals surface area contributed by atoms with E-state index >= 15 is 0 Å². The summed E-state index contributed by atoms with van der Waals surface area (Å²) in [7, 11) is 0. The van der Waals surface area contributed by atoms with E-state index in [1.165, 1.54) is 12.1 Å². The molecule has 2 aliphatic rings. The number of hydrogen-bond donors (Lipinski definition) is 1. The van der Waals surface area contributed by atoms with E-state index in [0.717, 1.165) is 5.56 Å². The minimum absolute atomic E-state index is 0.0243. The molecule has 0 spiro atoms. The van der Waals surface area contributed by atoms with Gasteiger partial charge in [0, 0.05) is 24.0 Å². The van der Waals surface area contributed by atoms with Gasteiger partial charge in [-0.1, -0.05) is 43.6 Å². The molecule has 1 aliphatic heterocycles. The summed E-state index contributed by atoms with van der Waals surface area (Å²) in [6, 6.07) is 13.5. The SMILES string of the molecule is CC1(C)CC(=O)C2=C(C1)OC(N)=C(C#N)[C@@H]2c1ccc(OCc2c(F)cccc2Cl)cc1. The van der Waals surface area contributed by atoms with E-state index in [2.05, 4.69) is 6.07 Å². The lowest BCUT2D eigenvalue weighted by atomic mass is 9.70. The number of Topliss-reactive ketones (excluding diaryl/α,β-unsaturated/α-hetero) is 1. The second-order valence-corrected chi connectivity index (χ2v) is 9.17. The fraction of sp³-hybridized carbons (Fsp3) is 0.280. The number of halogens is 2. The van der Waals surface area contributed by atoms with Gasteiger partial charge in [0.05, 0.1) is 10.9 Å². The first-order valence-corrected chi connectivity index (χ1v) is 10.6. The fourth-order valence-electron chi connectivity index (χ4n) is 4.20. The van der Waals surface area contributed by atoms with Crippen molar-refractivity contribution >= 4 is 17.4 Å². The summed E-state index contributed by atoms with van der Waals surface area (Å²) in [5.74, 6) is -0.0216. The Hall–Kier alpha value is -3.30. The lowest BCUT2D eigenvalue weighted by molar-refractivity contribution is -0.119. The Bertz CT molecular complexity index is 1170. The quantitative estimate of drug-likeness (QED) is 0.661. The van der Waals surface area contributed by atoms with Crippen LogP contribution in [-0.4, -0.2) is 5.78 Å². The van der Waals surface area contributed by atoms with Gasteiger partial charge in [-0.2, -0.15) is 5.26 Å². The van der Waals surface area contributed by atoms with Crippen molar-refractivity contribution in [3.05, 3.63) is 87.2 Å². The molecular weight excluding hydrogens is 431 g/mol. The van der Waals surface area contributed by atoms with Gasteiger partial charge in [-0.15, -0.1) is 0 Å². The highest BCUT2D eigenvalue weighted by Gasteiger charge is 2.42. The van der Waals surface area contributed by atoms with E-state index in [0.29, 0.717) is 34.9 Å². The van der Waals surface area contributed by atoms with Crippen LogP contribution in [0.1, 0.15) is 43.7 Å². The third kappa shape index (κ3) is 4.09. The van der Waals surface area contributed by atoms with E-state index in [-0.39, 0.29) is 34.8 Å². The van der Waals surface area contributed by atoms with Gasteiger partial charge in [-0.05, 0) is 35.2 Å². The molecule has 0 saturated carbocycles. The topological polar surface area (TPSA) is 85.3 Å². The maximum atomic E-state index is 14.0. The monoisotopic (exact) mass is 452 g/mol. The van der Waals surface area contributed by atoms with E-state index < -0.39 is 11.7 Å². The number of ketones is 1. The molecule has 164 valence electrons. The van der Waals surface area contributed by atoms with Gasteiger partial charge in [-0.3, -0.25) is 4.79 Å². The Labute approximate surface area is 190 Å². The first kappa shape index (κ1) is 21.9. The number of carbonyl (C=O) groups is 1. The summed E-state index contributed by atoms with van der Waals surface area (Å²) in [5, 5.41) is 10.0. The number of nitrogens with two attached hydrogens (primary N) is 1. The molecule has 0 bridgehead atoms. The van der Waals surface area contributed by atoms with Crippen LogP contribution in [0.15, 0.2) is 65.3 Å². The van der Waals surface area contributed by atoms with Crippen LogP contribution in [0, 0.1) is 22.6 Å². The van der Waals surface area contributed by atoms with E-state index in [1.807, 2.05) is 13.8 Å². The molecule has 0 radical (unpaired) electrons. The molecule has 1 heterocycles. The lowest BCUT2D eigenvalue weighted by Crippen LogP contribution is -2.33. The maximum Gasteiger partial charge on any atom is 0.205 e. The second-order valence-electron chi connectivity index (χ2n) is 8.76. The van der Waals surface area contributed by atoms with Crippen LogP contribution in [0.2, 0.25) is 5.02 Å². The molecule has 0 amide bonds. The number of ether oxygens (including phenoxy) is 2. The van der Waals surface area contributed by atoms with Crippen molar-refractivity contribution < 1.29 is 18.7 Å². The lowest BCUT2D eigenvalue weighted by Gasteiger charge is -2.37. The van der Waals surface area contributed by atoms with Crippen molar-refractivity contribution in [1.29, 1.82) is 5.26 Å². The van der Waals surface area contributed by atoms with Gasteiger partial charge in [0.2, 0.25) is 5.88 Å². The average molecular weight is 453 g/mol. The molecule has 7 heteroatoms. The van der Waals surface area contributed by atoms with Crippen LogP contribution in [0.3, 0.4) is 0 Å². The van der Waals surface area contributed by atoms with Crippen LogP contribution >= 0.6 is 11.6 Å². The largest absolute Gasteiger partial charge is 0.489 e. The van der Waals surface area contributed by atoms with Crippen molar-refractivity contribution in [3.63, 3.8) is 0 Å². The second kappa shape index (κ2) is 8.33. The van der Waals surface area contributed by atoms with Crippen LogP contribution in [0.5, 0.6) is 5.75 Å². The third-order valence-corrected chi connectivity index (χ3v) is 6.09. The minimum atomic E-state index is -0.595. The van der Waals surface area contributed by atoms with Crippen molar-refractivity contribution in [2.45, 2.75) is 39.2 Å². The van der Waals surface area contributed by atoms with Gasteiger partial charge in [0.25, 0.3) is 0 Å². The van der Waals surface area contributed by atoms with Crippen molar-refractivity contribution in [1.82, 2.24) is 0 Å². The highest BCUT2D eigenvalue weighted by atomic mass is 35.5. The van der Waals surface area contributed by atoms with Crippen LogP contribution < -0.4 is 10.5 Å². The van der Waals surface area contributed by atoms with Crippen molar-refractivity contribution in [2.24, 2.45) is 11.1 Å². The van der Waals surface area contributed by atoms with Crippen LogP contribution in [-0.2, 0) is 16.1 Å². The molecule has 2 aromatic rings. The standard InChI is InChI=1S/C25H22ClFN2O3/c1-25(2)10-20(30)23-21(11-25)32-24(29)16(12-28)22(23)14-6-8-15(9-7-14)31-13-17-18(26)4-3-5-19(17)27/h3-9,22H,10-11,13,29H2,1-2H3/t22-/m0/s1. The smallest absolute Gasteiger partial charge is 0.205 e. The Morgan fingerprint density at radius 2 is 1.97 bits per heavy atom.